The number of fused-ring (bicyclic) bond motifs is 1. The molecule has 2 aromatic carbocycles. The summed E-state index contributed by atoms with van der Waals surface area (Å²) in [7, 11) is 3.18. The van der Waals surface area contributed by atoms with E-state index in [1.54, 1.807) is 49.1 Å². The molecule has 0 atom stereocenters. The van der Waals surface area contributed by atoms with Gasteiger partial charge in [-0.25, -0.2) is 0 Å². The number of benzene rings is 2. The van der Waals surface area contributed by atoms with Gasteiger partial charge in [-0.2, -0.15) is 4.52 Å². The number of hydrogen-bond acceptors (Lipinski definition) is 6. The van der Waals surface area contributed by atoms with E-state index in [1.807, 2.05) is 24.3 Å². The highest BCUT2D eigenvalue weighted by atomic mass is 35.5. The first-order valence-electron chi connectivity index (χ1n) is 8.07. The molecule has 0 radical (unpaired) electrons. The van der Waals surface area contributed by atoms with Crippen molar-refractivity contribution < 1.29 is 14.2 Å². The van der Waals surface area contributed by atoms with Crippen LogP contribution in [0.25, 0.3) is 17.0 Å². The average molecular weight is 383 g/mol. The molecule has 0 aliphatic heterocycles. The molecule has 27 heavy (non-hydrogen) atoms. The van der Waals surface area contributed by atoms with Crippen LogP contribution in [0.5, 0.6) is 23.1 Å². The average Bonchev–Trinajstić information content (AvgIpc) is 3.12. The topological polar surface area (TPSA) is 70.8 Å². The summed E-state index contributed by atoms with van der Waals surface area (Å²) in [6, 6.07) is 16.2. The van der Waals surface area contributed by atoms with E-state index >= 15 is 0 Å². The number of ether oxygens (including phenoxy) is 3. The molecule has 0 saturated carbocycles. The molecule has 0 aliphatic carbocycles. The van der Waals surface area contributed by atoms with E-state index in [0.29, 0.717) is 39.6 Å². The number of hydrogen-bond donors (Lipinski definition) is 0. The lowest BCUT2D eigenvalue weighted by molar-refractivity contribution is 0.411. The van der Waals surface area contributed by atoms with Crippen LogP contribution in [0.2, 0.25) is 5.02 Å². The molecule has 4 aromatic rings. The fourth-order valence-corrected chi connectivity index (χ4v) is 2.84. The van der Waals surface area contributed by atoms with Gasteiger partial charge in [0.25, 0.3) is 0 Å². The number of methoxy groups -OCH3 is 2. The first kappa shape index (κ1) is 17.1. The first-order valence-corrected chi connectivity index (χ1v) is 8.44. The van der Waals surface area contributed by atoms with Gasteiger partial charge in [0, 0.05) is 12.1 Å². The predicted octanol–water partition coefficient (Wildman–Crippen LogP) is 4.25. The second-order valence-corrected chi connectivity index (χ2v) is 5.97. The Balaban J connectivity index is 1.74. The molecule has 0 bridgehead atoms. The molecule has 0 N–H and O–H groups in total. The second-order valence-electron chi connectivity index (χ2n) is 5.56. The quantitative estimate of drug-likeness (QED) is 0.513. The van der Waals surface area contributed by atoms with Crippen molar-refractivity contribution in [2.75, 3.05) is 14.2 Å². The molecule has 8 heteroatoms. The van der Waals surface area contributed by atoms with Gasteiger partial charge in [0.05, 0.1) is 24.8 Å². The lowest BCUT2D eigenvalue weighted by Crippen LogP contribution is -1.99. The Kier molecular flexibility index (Phi) is 4.52. The molecule has 0 aliphatic rings. The van der Waals surface area contributed by atoms with Crippen molar-refractivity contribution in [2.24, 2.45) is 0 Å². The van der Waals surface area contributed by atoms with Crippen molar-refractivity contribution in [3.63, 3.8) is 0 Å². The molecule has 136 valence electrons. The highest BCUT2D eigenvalue weighted by Crippen LogP contribution is 2.32. The number of aromatic nitrogens is 4. The van der Waals surface area contributed by atoms with Gasteiger partial charge in [-0.1, -0.05) is 23.7 Å². The normalized spacial score (nSPS) is 10.8. The SMILES string of the molecule is COc1ccc(Oc2ccc3nnc(-c4ccccc4OC)n3n2)c(Cl)c1. The number of halogens is 1. The maximum absolute atomic E-state index is 6.24. The van der Waals surface area contributed by atoms with E-state index in [1.165, 1.54) is 0 Å². The van der Waals surface area contributed by atoms with E-state index in [4.69, 9.17) is 25.8 Å². The Morgan fingerprint density at radius 1 is 0.889 bits per heavy atom. The van der Waals surface area contributed by atoms with Crippen LogP contribution in [-0.4, -0.2) is 34.0 Å². The molecule has 2 aromatic heterocycles. The molecule has 7 nitrogen and oxygen atoms in total. The van der Waals surface area contributed by atoms with Gasteiger partial charge in [-0.05, 0) is 30.3 Å². The molecular formula is C19H15ClN4O3. The summed E-state index contributed by atoms with van der Waals surface area (Å²) in [5, 5.41) is 13.3. The number of para-hydroxylation sites is 1. The molecular weight excluding hydrogens is 368 g/mol. The maximum Gasteiger partial charge on any atom is 0.237 e. The summed E-state index contributed by atoms with van der Waals surface area (Å²) in [6.07, 6.45) is 0. The smallest absolute Gasteiger partial charge is 0.237 e. The molecule has 0 fully saturated rings. The highest BCUT2D eigenvalue weighted by Gasteiger charge is 2.15. The van der Waals surface area contributed by atoms with Crippen molar-refractivity contribution in [3.05, 3.63) is 59.6 Å². The Hall–Kier alpha value is -3.32. The summed E-state index contributed by atoms with van der Waals surface area (Å²) >= 11 is 6.24. The lowest BCUT2D eigenvalue weighted by atomic mass is 10.2. The minimum atomic E-state index is 0.352. The molecule has 0 spiro atoms. The van der Waals surface area contributed by atoms with Crippen LogP contribution in [0, 0.1) is 0 Å². The van der Waals surface area contributed by atoms with Crippen molar-refractivity contribution >= 4 is 17.2 Å². The van der Waals surface area contributed by atoms with Crippen LogP contribution >= 0.6 is 11.6 Å². The summed E-state index contributed by atoms with van der Waals surface area (Å²) < 4.78 is 18.0. The Morgan fingerprint density at radius 2 is 1.74 bits per heavy atom. The summed E-state index contributed by atoms with van der Waals surface area (Å²) in [6.45, 7) is 0. The van der Waals surface area contributed by atoms with Crippen molar-refractivity contribution in [3.8, 4) is 34.5 Å². The van der Waals surface area contributed by atoms with Gasteiger partial charge in [0.15, 0.2) is 11.5 Å². The van der Waals surface area contributed by atoms with Gasteiger partial charge in [0.2, 0.25) is 5.88 Å². The van der Waals surface area contributed by atoms with Crippen molar-refractivity contribution in [1.82, 2.24) is 19.8 Å². The lowest BCUT2D eigenvalue weighted by Gasteiger charge is -2.09. The number of nitrogens with zero attached hydrogens (tertiary/aromatic N) is 4. The zero-order valence-electron chi connectivity index (χ0n) is 14.6. The van der Waals surface area contributed by atoms with Gasteiger partial charge in [-0.3, -0.25) is 0 Å². The first-order chi connectivity index (χ1) is 13.2. The highest BCUT2D eigenvalue weighted by molar-refractivity contribution is 6.32. The van der Waals surface area contributed by atoms with E-state index < -0.39 is 0 Å². The Bertz CT molecular complexity index is 1110. The standard InChI is InChI=1S/C19H15ClN4O3/c1-25-12-7-8-16(14(20)11-12)27-18-10-9-17-21-22-19(24(17)23-18)13-5-3-4-6-15(13)26-2/h3-11H,1-2H3. The van der Waals surface area contributed by atoms with Gasteiger partial charge in [-0.15, -0.1) is 15.3 Å². The summed E-state index contributed by atoms with van der Waals surface area (Å²) in [4.78, 5) is 0. The largest absolute Gasteiger partial charge is 0.497 e. The molecule has 4 rings (SSSR count). The van der Waals surface area contributed by atoms with Crippen LogP contribution < -0.4 is 14.2 Å². The van der Waals surface area contributed by atoms with Crippen LogP contribution in [0.15, 0.2) is 54.6 Å². The second kappa shape index (κ2) is 7.13. The van der Waals surface area contributed by atoms with Crippen molar-refractivity contribution in [1.29, 1.82) is 0 Å². The third kappa shape index (κ3) is 3.24. The van der Waals surface area contributed by atoms with Gasteiger partial charge >= 0.3 is 0 Å². The van der Waals surface area contributed by atoms with Crippen LogP contribution in [0.1, 0.15) is 0 Å². The third-order valence-electron chi connectivity index (χ3n) is 3.94. The van der Waals surface area contributed by atoms with E-state index in [0.717, 1.165) is 5.56 Å². The molecule has 2 heterocycles. The number of rotatable bonds is 5. The molecule has 0 amide bonds. The predicted molar refractivity (Wildman–Crippen MR) is 101 cm³/mol. The zero-order chi connectivity index (χ0) is 18.8. The maximum atomic E-state index is 6.24. The Morgan fingerprint density at radius 3 is 2.52 bits per heavy atom. The van der Waals surface area contributed by atoms with E-state index in [9.17, 15) is 0 Å². The molecule has 0 unspecified atom stereocenters. The Labute approximate surface area is 160 Å². The fourth-order valence-electron chi connectivity index (χ4n) is 2.63. The van der Waals surface area contributed by atoms with Gasteiger partial charge in [0.1, 0.15) is 17.2 Å². The zero-order valence-corrected chi connectivity index (χ0v) is 15.3. The van der Waals surface area contributed by atoms with E-state index in [-0.39, 0.29) is 0 Å². The van der Waals surface area contributed by atoms with Gasteiger partial charge < -0.3 is 14.2 Å². The minimum absolute atomic E-state index is 0.352. The van der Waals surface area contributed by atoms with Crippen LogP contribution in [-0.2, 0) is 0 Å². The monoisotopic (exact) mass is 382 g/mol. The van der Waals surface area contributed by atoms with Crippen LogP contribution in [0.4, 0.5) is 0 Å². The summed E-state index contributed by atoms with van der Waals surface area (Å²) in [5.41, 5.74) is 1.36. The van der Waals surface area contributed by atoms with Crippen LogP contribution in [0.3, 0.4) is 0 Å². The van der Waals surface area contributed by atoms with Crippen molar-refractivity contribution in [2.45, 2.75) is 0 Å². The minimum Gasteiger partial charge on any atom is -0.497 e. The fraction of sp³-hybridized carbons (Fsp3) is 0.105. The van der Waals surface area contributed by atoms with E-state index in [2.05, 4.69) is 15.3 Å². The summed E-state index contributed by atoms with van der Waals surface area (Å²) in [5.74, 6) is 2.70. The third-order valence-corrected chi connectivity index (χ3v) is 4.24. The molecule has 0 saturated heterocycles.